The highest BCUT2D eigenvalue weighted by atomic mass is 28.5. The van der Waals surface area contributed by atoms with Gasteiger partial charge in [-0.15, -0.1) is 0 Å². The lowest BCUT2D eigenvalue weighted by Gasteiger charge is -2.36. The van der Waals surface area contributed by atoms with Gasteiger partial charge in [0.15, 0.2) is 16.6 Å². The molecule has 0 atom stereocenters. The minimum Gasteiger partial charge on any atom is -0.434 e. The van der Waals surface area contributed by atoms with Crippen molar-refractivity contribution in [1.29, 1.82) is 0 Å². The van der Waals surface area contributed by atoms with Gasteiger partial charge in [0, 0.05) is 0 Å². The van der Waals surface area contributed by atoms with Crippen LogP contribution >= 0.6 is 0 Å². The van der Waals surface area contributed by atoms with Crippen LogP contribution in [0.1, 0.15) is 0 Å². The maximum absolute atomic E-state index is 6.42. The van der Waals surface area contributed by atoms with Crippen LogP contribution < -0.4 is 0 Å². The molecule has 0 rings (SSSR count). The fourth-order valence-corrected chi connectivity index (χ4v) is 15.7. The average Bonchev–Trinajstić information content (AvgIpc) is 1.91. The highest BCUT2D eigenvalue weighted by molar-refractivity contribution is 6.91. The molecule has 108 valence electrons. The molecule has 0 aromatic carbocycles. The second kappa shape index (κ2) is 5.88. The summed E-state index contributed by atoms with van der Waals surface area (Å²) in [6, 6.07) is 0. The zero-order valence-corrected chi connectivity index (χ0v) is 18.0. The summed E-state index contributed by atoms with van der Waals surface area (Å²) >= 11 is 0. The van der Waals surface area contributed by atoms with E-state index in [9.17, 15) is 0 Å². The molecule has 0 saturated heterocycles. The molecule has 0 aromatic heterocycles. The maximum Gasteiger partial charge on any atom is 0.340 e. The van der Waals surface area contributed by atoms with E-state index < -0.39 is 33.3 Å². The van der Waals surface area contributed by atoms with Crippen LogP contribution in [0, 0.1) is 0 Å². The lowest BCUT2D eigenvalue weighted by molar-refractivity contribution is 0.403. The van der Waals surface area contributed by atoms with Gasteiger partial charge < -0.3 is 8.23 Å². The van der Waals surface area contributed by atoms with Crippen molar-refractivity contribution >= 4 is 33.3 Å². The molecule has 2 nitrogen and oxygen atoms in total. The molecule has 0 aromatic rings. The number of hydrogen-bond acceptors (Lipinski definition) is 2. The molecule has 0 aliphatic carbocycles. The normalized spacial score (nSPS) is 15.4. The summed E-state index contributed by atoms with van der Waals surface area (Å²) in [5.41, 5.74) is 4.69. The van der Waals surface area contributed by atoms with Gasteiger partial charge in [-0.2, -0.15) is 0 Å². The minimum absolute atomic E-state index is 1.19. The molecule has 0 N–H and O–H groups in total. The first-order valence-electron chi connectivity index (χ1n) is 6.73. The molecule has 18 heavy (non-hydrogen) atoms. The second-order valence-corrected chi connectivity index (χ2v) is 25.7. The summed E-state index contributed by atoms with van der Waals surface area (Å²) in [7, 11) is -6.48. The highest BCUT2D eigenvalue weighted by Gasteiger charge is 2.38. The van der Waals surface area contributed by atoms with E-state index in [0.29, 0.717) is 0 Å². The molecule has 0 heterocycles. The van der Waals surface area contributed by atoms with Gasteiger partial charge in [-0.05, 0) is 45.8 Å². The van der Waals surface area contributed by atoms with Crippen LogP contribution in [-0.4, -0.2) is 33.3 Å². The average molecular weight is 321 g/mol. The second-order valence-electron chi connectivity index (χ2n) is 8.14. The van der Waals surface area contributed by atoms with Crippen molar-refractivity contribution in [3.8, 4) is 0 Å². The fourth-order valence-electron chi connectivity index (χ4n) is 1.71. The molecule has 0 bridgehead atoms. The van der Waals surface area contributed by atoms with Gasteiger partial charge >= 0.3 is 8.56 Å². The van der Waals surface area contributed by atoms with E-state index >= 15 is 0 Å². The van der Waals surface area contributed by atoms with Crippen LogP contribution in [0.25, 0.3) is 0 Å². The Bertz CT molecular complexity index is 279. The summed E-state index contributed by atoms with van der Waals surface area (Å²) in [6.45, 7) is 22.7. The Morgan fingerprint density at radius 2 is 0.889 bits per heavy atom. The zero-order valence-electron chi connectivity index (χ0n) is 14.0. The third-order valence-electron chi connectivity index (χ3n) is 1.90. The van der Waals surface area contributed by atoms with Gasteiger partial charge in [0.2, 0.25) is 0 Å². The summed E-state index contributed by atoms with van der Waals surface area (Å²) in [4.78, 5) is 0. The highest BCUT2D eigenvalue weighted by Crippen LogP contribution is 2.22. The van der Waals surface area contributed by atoms with E-state index in [0.717, 1.165) is 0 Å². The van der Waals surface area contributed by atoms with Crippen LogP contribution in [0.2, 0.25) is 65.5 Å². The van der Waals surface area contributed by atoms with Gasteiger partial charge in [-0.3, -0.25) is 0 Å². The smallest absolute Gasteiger partial charge is 0.340 e. The Balaban J connectivity index is 5.11. The minimum atomic E-state index is -2.15. The van der Waals surface area contributed by atoms with E-state index in [1.807, 2.05) is 0 Å². The molecule has 0 aliphatic heterocycles. The first-order chi connectivity index (χ1) is 7.62. The van der Waals surface area contributed by atoms with E-state index in [2.05, 4.69) is 76.9 Å². The number of hydrogen-bond donors (Lipinski definition) is 0. The molecule has 6 heteroatoms. The Kier molecular flexibility index (Phi) is 6.06. The zero-order chi connectivity index (χ0) is 14.8. The van der Waals surface area contributed by atoms with Gasteiger partial charge in [0.25, 0.3) is 0 Å². The standard InChI is InChI=1S/C12H32O2Si4/c1-15(2,3)11-12-18(10,13-16(4,5)6)14-17(7,8)9/h11-12H,1-10H3. The van der Waals surface area contributed by atoms with Crippen molar-refractivity contribution in [2.45, 2.75) is 65.5 Å². The van der Waals surface area contributed by atoms with E-state index in [1.54, 1.807) is 0 Å². The van der Waals surface area contributed by atoms with Crippen molar-refractivity contribution < 1.29 is 8.23 Å². The summed E-state index contributed by atoms with van der Waals surface area (Å²) < 4.78 is 12.8. The van der Waals surface area contributed by atoms with Crippen LogP contribution in [-0.2, 0) is 8.23 Å². The van der Waals surface area contributed by atoms with Crippen molar-refractivity contribution in [3.05, 3.63) is 11.4 Å². The van der Waals surface area contributed by atoms with Gasteiger partial charge in [0.05, 0.1) is 8.07 Å². The molecular weight excluding hydrogens is 288 g/mol. The largest absolute Gasteiger partial charge is 0.434 e. The van der Waals surface area contributed by atoms with Gasteiger partial charge in [-0.1, -0.05) is 31.0 Å². The molecule has 0 radical (unpaired) electrons. The fraction of sp³-hybridized carbons (Fsp3) is 0.833. The molecule has 0 amide bonds. The van der Waals surface area contributed by atoms with E-state index in [4.69, 9.17) is 8.23 Å². The van der Waals surface area contributed by atoms with E-state index in [1.165, 1.54) is 0 Å². The van der Waals surface area contributed by atoms with Gasteiger partial charge in [-0.25, -0.2) is 0 Å². The molecule has 0 saturated carbocycles. The third-order valence-corrected chi connectivity index (χ3v) is 12.3. The summed E-state index contributed by atoms with van der Waals surface area (Å²) in [5, 5.41) is 0. The van der Waals surface area contributed by atoms with Crippen molar-refractivity contribution in [2.24, 2.45) is 0 Å². The maximum atomic E-state index is 6.42. The first-order valence-corrected chi connectivity index (χ1v) is 19.5. The molecular formula is C12H32O2Si4. The van der Waals surface area contributed by atoms with E-state index in [-0.39, 0.29) is 0 Å². The topological polar surface area (TPSA) is 18.5 Å². The summed E-state index contributed by atoms with van der Waals surface area (Å²) in [6.07, 6.45) is 0. The summed E-state index contributed by atoms with van der Waals surface area (Å²) in [5.74, 6) is 0. The van der Waals surface area contributed by atoms with Crippen molar-refractivity contribution in [1.82, 2.24) is 0 Å². The van der Waals surface area contributed by atoms with Crippen LogP contribution in [0.5, 0.6) is 0 Å². The van der Waals surface area contributed by atoms with Crippen molar-refractivity contribution in [3.63, 3.8) is 0 Å². The van der Waals surface area contributed by atoms with Crippen molar-refractivity contribution in [2.75, 3.05) is 0 Å². The Morgan fingerprint density at radius 1 is 0.556 bits per heavy atom. The van der Waals surface area contributed by atoms with Crippen LogP contribution in [0.3, 0.4) is 0 Å². The van der Waals surface area contributed by atoms with Crippen LogP contribution in [0.15, 0.2) is 11.4 Å². The Morgan fingerprint density at radius 3 is 1.11 bits per heavy atom. The molecule has 0 spiro atoms. The SMILES string of the molecule is C[Si](C)(C)C=C[Si](C)(O[Si](C)(C)C)O[Si](C)(C)C. The first kappa shape index (κ1) is 18.5. The lowest BCUT2D eigenvalue weighted by atomic mass is 11.2. The Labute approximate surface area is 118 Å². The predicted molar refractivity (Wildman–Crippen MR) is 93.0 cm³/mol. The molecule has 0 fully saturated rings. The number of rotatable bonds is 6. The molecule has 0 unspecified atom stereocenters. The third kappa shape index (κ3) is 10.5. The Hall–Kier alpha value is 0.528. The van der Waals surface area contributed by atoms with Crippen LogP contribution in [0.4, 0.5) is 0 Å². The lowest BCUT2D eigenvalue weighted by Crippen LogP contribution is -2.51. The molecule has 0 aliphatic rings. The quantitative estimate of drug-likeness (QED) is 0.658. The predicted octanol–water partition coefficient (Wildman–Crippen LogP) is 4.73. The van der Waals surface area contributed by atoms with Gasteiger partial charge in [0.1, 0.15) is 0 Å². The monoisotopic (exact) mass is 320 g/mol.